The van der Waals surface area contributed by atoms with Crippen LogP contribution in [0.3, 0.4) is 0 Å². The number of anilines is 1. The zero-order valence-corrected chi connectivity index (χ0v) is 15.5. The molecular weight excluding hydrogens is 349 g/mol. The summed E-state index contributed by atoms with van der Waals surface area (Å²) < 4.78 is 24.9. The number of allylic oxidation sites excluding steroid dienone is 1. The zero-order valence-electron chi connectivity index (χ0n) is 15.5. The molecule has 3 N–H and O–H groups in total. The van der Waals surface area contributed by atoms with Crippen LogP contribution in [0.5, 0.6) is 5.75 Å². The first-order valence-corrected chi connectivity index (χ1v) is 8.60. The minimum Gasteiger partial charge on any atom is -0.490 e. The van der Waals surface area contributed by atoms with Gasteiger partial charge in [-0.1, -0.05) is 24.3 Å². The lowest BCUT2D eigenvalue weighted by atomic mass is 10.1. The van der Waals surface area contributed by atoms with E-state index in [9.17, 15) is 9.18 Å². The van der Waals surface area contributed by atoms with E-state index in [0.29, 0.717) is 30.9 Å². The SMILES string of the molecule is CC=CCCOc1cccc(CNC(=O)c2ccc(COC)nc2N)c1F. The van der Waals surface area contributed by atoms with Crippen LogP contribution in [0.25, 0.3) is 0 Å². The molecule has 1 aromatic carbocycles. The van der Waals surface area contributed by atoms with E-state index >= 15 is 0 Å². The molecule has 0 unspecified atom stereocenters. The van der Waals surface area contributed by atoms with Gasteiger partial charge in [-0.3, -0.25) is 4.79 Å². The number of methoxy groups -OCH3 is 1. The van der Waals surface area contributed by atoms with Crippen molar-refractivity contribution in [1.29, 1.82) is 0 Å². The first-order valence-electron chi connectivity index (χ1n) is 8.60. The third kappa shape index (κ3) is 5.79. The number of rotatable bonds is 9. The Kier molecular flexibility index (Phi) is 7.76. The molecule has 144 valence electrons. The highest BCUT2D eigenvalue weighted by Crippen LogP contribution is 2.21. The number of amides is 1. The average Bonchev–Trinajstić information content (AvgIpc) is 2.65. The summed E-state index contributed by atoms with van der Waals surface area (Å²) in [7, 11) is 1.55. The molecule has 0 aliphatic heterocycles. The molecule has 0 bridgehead atoms. The van der Waals surface area contributed by atoms with Gasteiger partial charge in [0.25, 0.3) is 5.91 Å². The van der Waals surface area contributed by atoms with Gasteiger partial charge in [0.15, 0.2) is 11.6 Å². The number of nitrogens with zero attached hydrogens (tertiary/aromatic N) is 1. The maximum absolute atomic E-state index is 14.5. The fraction of sp³-hybridized carbons (Fsp3) is 0.300. The topological polar surface area (TPSA) is 86.5 Å². The van der Waals surface area contributed by atoms with Crippen LogP contribution >= 0.6 is 0 Å². The molecule has 0 fully saturated rings. The molecule has 0 saturated heterocycles. The molecule has 7 heteroatoms. The summed E-state index contributed by atoms with van der Waals surface area (Å²) in [6.45, 7) is 2.61. The normalized spacial score (nSPS) is 10.9. The smallest absolute Gasteiger partial charge is 0.255 e. The van der Waals surface area contributed by atoms with Gasteiger partial charge in [0.05, 0.1) is 24.5 Å². The minimum atomic E-state index is -0.486. The Morgan fingerprint density at radius 1 is 1.33 bits per heavy atom. The van der Waals surface area contributed by atoms with Crippen molar-refractivity contribution in [3.05, 3.63) is 65.1 Å². The van der Waals surface area contributed by atoms with Crippen molar-refractivity contribution >= 4 is 11.7 Å². The molecule has 0 saturated carbocycles. The van der Waals surface area contributed by atoms with Crippen LogP contribution in [0.15, 0.2) is 42.5 Å². The summed E-state index contributed by atoms with van der Waals surface area (Å²) in [5, 5.41) is 2.66. The largest absolute Gasteiger partial charge is 0.490 e. The summed E-state index contributed by atoms with van der Waals surface area (Å²) in [5.41, 5.74) is 7.01. The zero-order chi connectivity index (χ0) is 19.6. The van der Waals surface area contributed by atoms with Crippen molar-refractivity contribution in [2.45, 2.75) is 26.5 Å². The monoisotopic (exact) mass is 373 g/mol. The average molecular weight is 373 g/mol. The van der Waals surface area contributed by atoms with Crippen molar-refractivity contribution in [3.63, 3.8) is 0 Å². The van der Waals surface area contributed by atoms with Crippen molar-refractivity contribution in [2.75, 3.05) is 19.5 Å². The number of carbonyl (C=O) groups is 1. The first-order chi connectivity index (χ1) is 13.1. The van der Waals surface area contributed by atoms with Crippen molar-refractivity contribution < 1.29 is 18.7 Å². The van der Waals surface area contributed by atoms with Gasteiger partial charge in [-0.25, -0.2) is 9.37 Å². The molecule has 2 aromatic rings. The Morgan fingerprint density at radius 3 is 2.85 bits per heavy atom. The van der Waals surface area contributed by atoms with E-state index in [1.165, 1.54) is 0 Å². The number of aromatic nitrogens is 1. The standard InChI is InChI=1S/C20H24FN3O3/c1-3-4-5-11-27-17-8-6-7-14(18(17)21)12-23-20(25)16-10-9-15(13-26-2)24-19(16)22/h3-4,6-10H,5,11-13H2,1-2H3,(H2,22,24)(H,23,25). The first kappa shape index (κ1) is 20.4. The molecule has 27 heavy (non-hydrogen) atoms. The summed E-state index contributed by atoms with van der Waals surface area (Å²) in [5.74, 6) is -0.650. The number of ether oxygens (including phenoxy) is 2. The van der Waals surface area contributed by atoms with Gasteiger partial charge in [0.2, 0.25) is 0 Å². The Bertz CT molecular complexity index is 809. The van der Waals surface area contributed by atoms with Gasteiger partial charge in [-0.05, 0) is 31.5 Å². The van der Waals surface area contributed by atoms with E-state index in [1.54, 1.807) is 37.4 Å². The van der Waals surface area contributed by atoms with Gasteiger partial charge in [-0.2, -0.15) is 0 Å². The van der Waals surface area contributed by atoms with Crippen LogP contribution in [-0.2, 0) is 17.9 Å². The lowest BCUT2D eigenvalue weighted by Gasteiger charge is -2.11. The number of carbonyl (C=O) groups excluding carboxylic acids is 1. The highest BCUT2D eigenvalue weighted by atomic mass is 19.1. The molecule has 0 atom stereocenters. The maximum Gasteiger partial charge on any atom is 0.255 e. The van der Waals surface area contributed by atoms with Crippen LogP contribution in [0.2, 0.25) is 0 Å². The van der Waals surface area contributed by atoms with Gasteiger partial charge < -0.3 is 20.5 Å². The predicted octanol–water partition coefficient (Wildman–Crippen LogP) is 3.22. The van der Waals surface area contributed by atoms with Crippen LogP contribution in [0.1, 0.15) is 35.0 Å². The lowest BCUT2D eigenvalue weighted by Crippen LogP contribution is -2.25. The number of hydrogen-bond donors (Lipinski definition) is 2. The number of nitrogens with one attached hydrogen (secondary N) is 1. The van der Waals surface area contributed by atoms with E-state index in [2.05, 4.69) is 10.3 Å². The molecule has 6 nitrogen and oxygen atoms in total. The predicted molar refractivity (Wildman–Crippen MR) is 102 cm³/mol. The fourth-order valence-corrected chi connectivity index (χ4v) is 2.42. The molecule has 0 radical (unpaired) electrons. The summed E-state index contributed by atoms with van der Waals surface area (Å²) in [4.78, 5) is 16.4. The minimum absolute atomic E-state index is 0.00991. The van der Waals surface area contributed by atoms with Gasteiger partial charge in [0, 0.05) is 19.2 Å². The van der Waals surface area contributed by atoms with E-state index in [0.717, 1.165) is 0 Å². The van der Waals surface area contributed by atoms with Crippen molar-refractivity contribution in [1.82, 2.24) is 10.3 Å². The third-order valence-corrected chi connectivity index (χ3v) is 3.78. The molecule has 1 heterocycles. The van der Waals surface area contributed by atoms with E-state index in [4.69, 9.17) is 15.2 Å². The summed E-state index contributed by atoms with van der Waals surface area (Å²) in [6, 6.07) is 8.08. The Hall–Kier alpha value is -2.93. The molecular formula is C20H24FN3O3. The van der Waals surface area contributed by atoms with E-state index in [-0.39, 0.29) is 23.7 Å². The van der Waals surface area contributed by atoms with Crippen LogP contribution in [0, 0.1) is 5.82 Å². The van der Waals surface area contributed by atoms with Gasteiger partial charge >= 0.3 is 0 Å². The molecule has 0 aliphatic carbocycles. The number of halogens is 1. The maximum atomic E-state index is 14.5. The summed E-state index contributed by atoms with van der Waals surface area (Å²) >= 11 is 0. The number of nitrogen functional groups attached to an aromatic ring is 1. The van der Waals surface area contributed by atoms with Crippen molar-refractivity contribution in [3.8, 4) is 5.75 Å². The number of hydrogen-bond acceptors (Lipinski definition) is 5. The number of benzene rings is 1. The number of pyridine rings is 1. The quantitative estimate of drug-likeness (QED) is 0.521. The molecule has 1 aromatic heterocycles. The fourth-order valence-electron chi connectivity index (χ4n) is 2.42. The highest BCUT2D eigenvalue weighted by molar-refractivity contribution is 5.98. The van der Waals surface area contributed by atoms with E-state index in [1.807, 2.05) is 19.1 Å². The molecule has 1 amide bonds. The lowest BCUT2D eigenvalue weighted by molar-refractivity contribution is 0.0951. The van der Waals surface area contributed by atoms with Crippen molar-refractivity contribution in [2.24, 2.45) is 0 Å². The summed E-state index contributed by atoms with van der Waals surface area (Å²) in [6.07, 6.45) is 4.55. The Morgan fingerprint density at radius 2 is 2.15 bits per heavy atom. The Balaban J connectivity index is 2.00. The van der Waals surface area contributed by atoms with Gasteiger partial charge in [-0.15, -0.1) is 0 Å². The molecule has 2 rings (SSSR count). The molecule has 0 spiro atoms. The van der Waals surface area contributed by atoms with Gasteiger partial charge in [0.1, 0.15) is 5.82 Å². The van der Waals surface area contributed by atoms with Crippen LogP contribution in [-0.4, -0.2) is 24.6 Å². The van der Waals surface area contributed by atoms with Crippen LogP contribution in [0.4, 0.5) is 10.2 Å². The molecule has 0 aliphatic rings. The highest BCUT2D eigenvalue weighted by Gasteiger charge is 2.14. The second-order valence-corrected chi connectivity index (χ2v) is 5.79. The second-order valence-electron chi connectivity index (χ2n) is 5.79. The van der Waals surface area contributed by atoms with E-state index < -0.39 is 11.7 Å². The number of nitrogens with two attached hydrogens (primary N) is 1. The second kappa shape index (κ2) is 10.3. The Labute approximate surface area is 158 Å². The third-order valence-electron chi connectivity index (χ3n) is 3.78. The van der Waals surface area contributed by atoms with Crippen LogP contribution < -0.4 is 15.8 Å².